The Balaban J connectivity index is 1.79. The number of hydrogen-bond donors (Lipinski definition) is 1. The molecular weight excluding hydrogens is 340 g/mol. The summed E-state index contributed by atoms with van der Waals surface area (Å²) in [4.78, 5) is 12.7. The molecule has 0 bridgehead atoms. The van der Waals surface area contributed by atoms with Crippen LogP contribution in [0.4, 0.5) is 0 Å². The Morgan fingerprint density at radius 3 is 2.70 bits per heavy atom. The number of fused-ring (bicyclic) bond motifs is 1. The van der Waals surface area contributed by atoms with E-state index in [1.807, 2.05) is 68.4 Å². The smallest absolute Gasteiger partial charge is 0.272 e. The van der Waals surface area contributed by atoms with Crippen LogP contribution in [0.25, 0.3) is 10.8 Å². The van der Waals surface area contributed by atoms with E-state index in [-0.39, 0.29) is 5.91 Å². The Labute approximate surface area is 158 Å². The van der Waals surface area contributed by atoms with Gasteiger partial charge < -0.3 is 9.47 Å². The van der Waals surface area contributed by atoms with Crippen molar-refractivity contribution in [2.75, 3.05) is 13.7 Å². The fourth-order valence-electron chi connectivity index (χ4n) is 2.94. The van der Waals surface area contributed by atoms with Crippen molar-refractivity contribution < 1.29 is 14.3 Å². The van der Waals surface area contributed by atoms with Gasteiger partial charge in [0.15, 0.2) is 11.5 Å². The minimum absolute atomic E-state index is 0.238. The molecule has 0 heterocycles. The molecule has 0 atom stereocenters. The number of aryl methyl sites for hydroxylation is 1. The van der Waals surface area contributed by atoms with Gasteiger partial charge in [-0.3, -0.25) is 4.79 Å². The summed E-state index contributed by atoms with van der Waals surface area (Å²) in [7, 11) is 1.59. The number of carbonyl (C=O) groups excluding carboxylic acids is 1. The van der Waals surface area contributed by atoms with Gasteiger partial charge in [-0.2, -0.15) is 5.10 Å². The number of hydrogen-bond acceptors (Lipinski definition) is 4. The molecule has 138 valence electrons. The van der Waals surface area contributed by atoms with E-state index in [0.717, 1.165) is 21.9 Å². The zero-order valence-corrected chi connectivity index (χ0v) is 15.7. The van der Waals surface area contributed by atoms with Crippen LogP contribution < -0.4 is 14.9 Å². The molecule has 0 saturated heterocycles. The molecule has 3 rings (SSSR count). The van der Waals surface area contributed by atoms with Gasteiger partial charge in [-0.25, -0.2) is 5.43 Å². The first-order valence-corrected chi connectivity index (χ1v) is 8.76. The molecule has 5 nitrogen and oxygen atoms in total. The lowest BCUT2D eigenvalue weighted by Gasteiger charge is -2.10. The number of ether oxygens (including phenoxy) is 2. The maximum atomic E-state index is 12.7. The van der Waals surface area contributed by atoms with Gasteiger partial charge in [-0.1, -0.05) is 36.4 Å². The molecule has 1 N–H and O–H groups in total. The van der Waals surface area contributed by atoms with Gasteiger partial charge in [0, 0.05) is 0 Å². The number of amides is 1. The molecule has 3 aromatic carbocycles. The van der Waals surface area contributed by atoms with Gasteiger partial charge in [0.1, 0.15) is 0 Å². The molecule has 0 unspecified atom stereocenters. The van der Waals surface area contributed by atoms with E-state index in [0.29, 0.717) is 23.7 Å². The molecular formula is C22H22N2O3. The second-order valence-corrected chi connectivity index (χ2v) is 6.02. The van der Waals surface area contributed by atoms with Crippen LogP contribution in [0.2, 0.25) is 0 Å². The van der Waals surface area contributed by atoms with Crippen LogP contribution in [0.15, 0.2) is 59.7 Å². The molecule has 3 aromatic rings. The average molecular weight is 362 g/mol. The highest BCUT2D eigenvalue weighted by molar-refractivity contribution is 6.08. The van der Waals surface area contributed by atoms with Crippen LogP contribution >= 0.6 is 0 Å². The summed E-state index contributed by atoms with van der Waals surface area (Å²) >= 11 is 0. The normalized spacial score (nSPS) is 10.9. The molecule has 0 fully saturated rings. The molecule has 0 aliphatic carbocycles. The van der Waals surface area contributed by atoms with Crippen molar-refractivity contribution in [2.45, 2.75) is 13.8 Å². The Morgan fingerprint density at radius 2 is 1.93 bits per heavy atom. The Bertz CT molecular complexity index is 996. The second kappa shape index (κ2) is 8.36. The van der Waals surface area contributed by atoms with Crippen LogP contribution in [-0.2, 0) is 0 Å². The SMILES string of the molecule is CCOc1ccc(/C=N\NC(=O)c2c(C)ccc3ccccc23)cc1OC. The second-order valence-electron chi connectivity index (χ2n) is 6.02. The minimum atomic E-state index is -0.238. The van der Waals surface area contributed by atoms with Gasteiger partial charge in [0.2, 0.25) is 0 Å². The standard InChI is InChI=1S/C22H22N2O3/c1-4-27-19-12-10-16(13-20(19)26-3)14-23-24-22(25)21-15(2)9-11-17-7-5-6-8-18(17)21/h5-14H,4H2,1-3H3,(H,24,25)/b23-14-. The Hall–Kier alpha value is -3.34. The molecule has 1 amide bonds. The zero-order chi connectivity index (χ0) is 19.2. The fraction of sp³-hybridized carbons (Fsp3) is 0.182. The minimum Gasteiger partial charge on any atom is -0.493 e. The number of hydrazone groups is 1. The van der Waals surface area contributed by atoms with E-state index in [2.05, 4.69) is 10.5 Å². The number of rotatable bonds is 6. The van der Waals surface area contributed by atoms with Crippen molar-refractivity contribution in [3.05, 3.63) is 71.3 Å². The van der Waals surface area contributed by atoms with Gasteiger partial charge in [-0.05, 0) is 53.9 Å². The highest BCUT2D eigenvalue weighted by Gasteiger charge is 2.12. The number of methoxy groups -OCH3 is 1. The van der Waals surface area contributed by atoms with Crippen LogP contribution in [0.5, 0.6) is 11.5 Å². The van der Waals surface area contributed by atoms with Gasteiger partial charge in [0.25, 0.3) is 5.91 Å². The lowest BCUT2D eigenvalue weighted by atomic mass is 9.99. The third-order valence-electron chi connectivity index (χ3n) is 4.23. The predicted molar refractivity (Wildman–Crippen MR) is 108 cm³/mol. The van der Waals surface area contributed by atoms with Gasteiger partial charge in [-0.15, -0.1) is 0 Å². The van der Waals surface area contributed by atoms with Crippen molar-refractivity contribution in [1.29, 1.82) is 0 Å². The van der Waals surface area contributed by atoms with Gasteiger partial charge in [0.05, 0.1) is 25.5 Å². The summed E-state index contributed by atoms with van der Waals surface area (Å²) in [5.74, 6) is 1.06. The molecule has 5 heteroatoms. The van der Waals surface area contributed by atoms with E-state index < -0.39 is 0 Å². The summed E-state index contributed by atoms with van der Waals surface area (Å²) in [6.45, 7) is 4.40. The van der Waals surface area contributed by atoms with E-state index >= 15 is 0 Å². The molecule has 0 spiro atoms. The predicted octanol–water partition coefficient (Wildman–Crippen LogP) is 4.32. The lowest BCUT2D eigenvalue weighted by molar-refractivity contribution is 0.0956. The average Bonchev–Trinajstić information content (AvgIpc) is 2.69. The zero-order valence-electron chi connectivity index (χ0n) is 15.7. The molecule has 0 aliphatic rings. The van der Waals surface area contributed by atoms with E-state index in [1.54, 1.807) is 13.3 Å². The van der Waals surface area contributed by atoms with Crippen molar-refractivity contribution in [2.24, 2.45) is 5.10 Å². The third-order valence-corrected chi connectivity index (χ3v) is 4.23. The largest absolute Gasteiger partial charge is 0.493 e. The first-order valence-electron chi connectivity index (χ1n) is 8.76. The molecule has 0 saturated carbocycles. The summed E-state index contributed by atoms with van der Waals surface area (Å²) in [5, 5.41) is 6.03. The van der Waals surface area contributed by atoms with Crippen LogP contribution in [-0.4, -0.2) is 25.8 Å². The van der Waals surface area contributed by atoms with Crippen molar-refractivity contribution in [3.8, 4) is 11.5 Å². The van der Waals surface area contributed by atoms with E-state index in [4.69, 9.17) is 9.47 Å². The fourth-order valence-corrected chi connectivity index (χ4v) is 2.94. The highest BCUT2D eigenvalue weighted by atomic mass is 16.5. The Morgan fingerprint density at radius 1 is 1.11 bits per heavy atom. The molecule has 0 radical (unpaired) electrons. The molecule has 0 aromatic heterocycles. The van der Waals surface area contributed by atoms with E-state index in [1.165, 1.54) is 0 Å². The van der Waals surface area contributed by atoms with Crippen molar-refractivity contribution in [3.63, 3.8) is 0 Å². The Kier molecular flexibility index (Phi) is 5.71. The summed E-state index contributed by atoms with van der Waals surface area (Å²) < 4.78 is 10.8. The summed E-state index contributed by atoms with van der Waals surface area (Å²) in [5.41, 5.74) is 4.95. The number of carbonyl (C=O) groups is 1. The molecule has 27 heavy (non-hydrogen) atoms. The first kappa shape index (κ1) is 18.5. The van der Waals surface area contributed by atoms with E-state index in [9.17, 15) is 4.79 Å². The maximum Gasteiger partial charge on any atom is 0.272 e. The third kappa shape index (κ3) is 4.08. The monoisotopic (exact) mass is 362 g/mol. The van der Waals surface area contributed by atoms with Crippen molar-refractivity contribution >= 4 is 22.9 Å². The van der Waals surface area contributed by atoms with Crippen molar-refractivity contribution in [1.82, 2.24) is 5.43 Å². The maximum absolute atomic E-state index is 12.7. The quantitative estimate of drug-likeness (QED) is 0.525. The summed E-state index contributed by atoms with van der Waals surface area (Å²) in [6, 6.07) is 17.2. The number of nitrogens with zero attached hydrogens (tertiary/aromatic N) is 1. The highest BCUT2D eigenvalue weighted by Crippen LogP contribution is 2.27. The van der Waals surface area contributed by atoms with Crippen LogP contribution in [0, 0.1) is 6.92 Å². The van der Waals surface area contributed by atoms with Gasteiger partial charge >= 0.3 is 0 Å². The number of benzene rings is 3. The molecule has 0 aliphatic heterocycles. The first-order chi connectivity index (χ1) is 13.1. The van der Waals surface area contributed by atoms with Crippen LogP contribution in [0.1, 0.15) is 28.4 Å². The lowest BCUT2D eigenvalue weighted by Crippen LogP contribution is -2.19. The topological polar surface area (TPSA) is 59.9 Å². The van der Waals surface area contributed by atoms with Crippen LogP contribution in [0.3, 0.4) is 0 Å². The number of nitrogens with one attached hydrogen (secondary N) is 1. The summed E-state index contributed by atoms with van der Waals surface area (Å²) in [6.07, 6.45) is 1.58.